The van der Waals surface area contributed by atoms with Crippen molar-refractivity contribution in [3.05, 3.63) is 51.1 Å². The van der Waals surface area contributed by atoms with Crippen molar-refractivity contribution < 1.29 is 18.3 Å². The molecule has 1 N–H and O–H groups in total. The summed E-state index contributed by atoms with van der Waals surface area (Å²) in [5.41, 5.74) is 0.749. The summed E-state index contributed by atoms with van der Waals surface area (Å²) in [6.07, 6.45) is 0. The van der Waals surface area contributed by atoms with Gasteiger partial charge in [0.1, 0.15) is 22.9 Å². The van der Waals surface area contributed by atoms with Crippen LogP contribution in [-0.2, 0) is 11.3 Å². The predicted molar refractivity (Wildman–Crippen MR) is 78.5 cm³/mol. The fraction of sp³-hybridized carbons (Fsp3) is 0.214. The molecule has 1 aromatic heterocycles. The minimum absolute atomic E-state index is 0.163. The molecular weight excluding hydrogens is 320 g/mol. The van der Waals surface area contributed by atoms with E-state index in [0.29, 0.717) is 22.8 Å². The third-order valence-corrected chi connectivity index (χ3v) is 3.42. The van der Waals surface area contributed by atoms with E-state index in [1.54, 1.807) is 13.0 Å². The Balaban J connectivity index is 2.16. The normalized spacial score (nSPS) is 10.5. The van der Waals surface area contributed by atoms with Crippen LogP contribution in [0.4, 0.5) is 10.1 Å². The molecule has 0 aliphatic rings. The lowest BCUT2D eigenvalue weighted by molar-refractivity contribution is 0.0599. The van der Waals surface area contributed by atoms with Gasteiger partial charge in [-0.25, -0.2) is 9.18 Å². The van der Waals surface area contributed by atoms with Crippen LogP contribution in [0.25, 0.3) is 0 Å². The lowest BCUT2D eigenvalue weighted by Gasteiger charge is -2.09. The van der Waals surface area contributed by atoms with Gasteiger partial charge in [0.25, 0.3) is 0 Å². The van der Waals surface area contributed by atoms with Gasteiger partial charge in [0.05, 0.1) is 29.4 Å². The summed E-state index contributed by atoms with van der Waals surface area (Å²) < 4.78 is 23.2. The highest BCUT2D eigenvalue weighted by molar-refractivity contribution is 6.39. The maximum Gasteiger partial charge on any atom is 0.341 e. The maximum absolute atomic E-state index is 13.1. The standard InChI is InChI=1S/C14H12Cl2FNO3/c1-7-10(14(19)20-2)5-9(21-7)6-18-13-11(15)3-8(17)4-12(13)16/h3-5,18H,6H2,1-2H3. The molecule has 1 aromatic carbocycles. The van der Waals surface area contributed by atoms with E-state index in [1.807, 2.05) is 0 Å². The molecule has 0 saturated carbocycles. The fourth-order valence-corrected chi connectivity index (χ4v) is 2.42. The van der Waals surface area contributed by atoms with Crippen LogP contribution in [0.3, 0.4) is 0 Å². The van der Waals surface area contributed by atoms with E-state index in [4.69, 9.17) is 27.6 Å². The molecule has 0 radical (unpaired) electrons. The van der Waals surface area contributed by atoms with E-state index in [2.05, 4.69) is 10.1 Å². The van der Waals surface area contributed by atoms with Gasteiger partial charge in [-0.1, -0.05) is 23.2 Å². The third kappa shape index (κ3) is 3.49. The van der Waals surface area contributed by atoms with Crippen LogP contribution in [-0.4, -0.2) is 13.1 Å². The Kier molecular flexibility index (Phi) is 4.75. The molecule has 2 rings (SSSR count). The summed E-state index contributed by atoms with van der Waals surface area (Å²) in [6.45, 7) is 1.90. The minimum atomic E-state index is -0.516. The highest BCUT2D eigenvalue weighted by Gasteiger charge is 2.16. The molecule has 0 aliphatic heterocycles. The molecule has 112 valence electrons. The first kappa shape index (κ1) is 15.7. The first-order valence-electron chi connectivity index (χ1n) is 5.98. The SMILES string of the molecule is COC(=O)c1cc(CNc2c(Cl)cc(F)cc2Cl)oc1C. The van der Waals surface area contributed by atoms with E-state index >= 15 is 0 Å². The maximum atomic E-state index is 13.1. The Labute approximate surface area is 130 Å². The third-order valence-electron chi connectivity index (χ3n) is 2.82. The van der Waals surface area contributed by atoms with Crippen LogP contribution < -0.4 is 5.32 Å². The Bertz CT molecular complexity index is 662. The van der Waals surface area contributed by atoms with Gasteiger partial charge in [-0.05, 0) is 25.1 Å². The van der Waals surface area contributed by atoms with E-state index in [1.165, 1.54) is 7.11 Å². The topological polar surface area (TPSA) is 51.5 Å². The zero-order valence-corrected chi connectivity index (χ0v) is 12.8. The second-order valence-electron chi connectivity index (χ2n) is 4.27. The predicted octanol–water partition coefficient (Wildman–Crippen LogP) is 4.43. The summed E-state index contributed by atoms with van der Waals surface area (Å²) in [4.78, 5) is 11.5. The molecule has 2 aromatic rings. The summed E-state index contributed by atoms with van der Waals surface area (Å²) in [7, 11) is 1.30. The molecule has 4 nitrogen and oxygen atoms in total. The summed E-state index contributed by atoms with van der Waals surface area (Å²) in [5.74, 6) is -0.0305. The summed E-state index contributed by atoms with van der Waals surface area (Å²) in [5, 5.41) is 3.27. The lowest BCUT2D eigenvalue weighted by atomic mass is 10.2. The number of rotatable bonds is 4. The number of nitrogens with one attached hydrogen (secondary N) is 1. The Hall–Kier alpha value is -1.72. The van der Waals surface area contributed by atoms with E-state index in [0.717, 1.165) is 12.1 Å². The number of halogens is 3. The van der Waals surface area contributed by atoms with Gasteiger partial charge in [-0.2, -0.15) is 0 Å². The number of benzene rings is 1. The highest BCUT2D eigenvalue weighted by Crippen LogP contribution is 2.32. The fourth-order valence-electron chi connectivity index (χ4n) is 1.83. The first-order valence-corrected chi connectivity index (χ1v) is 6.74. The second-order valence-corrected chi connectivity index (χ2v) is 5.09. The number of furan rings is 1. The van der Waals surface area contributed by atoms with Crippen LogP contribution in [0, 0.1) is 12.7 Å². The molecule has 0 atom stereocenters. The van der Waals surface area contributed by atoms with Gasteiger partial charge in [-0.3, -0.25) is 0 Å². The van der Waals surface area contributed by atoms with Crippen LogP contribution >= 0.6 is 23.2 Å². The minimum Gasteiger partial charge on any atom is -0.465 e. The molecule has 21 heavy (non-hydrogen) atoms. The van der Waals surface area contributed by atoms with E-state index in [9.17, 15) is 9.18 Å². The number of carbonyl (C=O) groups is 1. The highest BCUT2D eigenvalue weighted by atomic mass is 35.5. The number of methoxy groups -OCH3 is 1. The van der Waals surface area contributed by atoms with Crippen molar-refractivity contribution in [3.63, 3.8) is 0 Å². The van der Waals surface area contributed by atoms with Crippen molar-refractivity contribution in [1.82, 2.24) is 0 Å². The first-order chi connectivity index (χ1) is 9.92. The molecular formula is C14H12Cl2FNO3. The number of aryl methyl sites for hydroxylation is 1. The average Bonchev–Trinajstić information content (AvgIpc) is 2.78. The van der Waals surface area contributed by atoms with Crippen LogP contribution in [0.2, 0.25) is 10.0 Å². The van der Waals surface area contributed by atoms with Crippen LogP contribution in [0.5, 0.6) is 0 Å². The second kappa shape index (κ2) is 6.37. The quantitative estimate of drug-likeness (QED) is 0.842. The molecule has 0 aliphatic carbocycles. The molecule has 0 amide bonds. The molecule has 1 heterocycles. The van der Waals surface area contributed by atoms with Crippen molar-refractivity contribution in [2.24, 2.45) is 0 Å². The lowest BCUT2D eigenvalue weighted by Crippen LogP contribution is -2.01. The van der Waals surface area contributed by atoms with Crippen molar-refractivity contribution in [2.45, 2.75) is 13.5 Å². The van der Waals surface area contributed by atoms with Crippen LogP contribution in [0.1, 0.15) is 21.9 Å². The number of hydrogen-bond acceptors (Lipinski definition) is 4. The van der Waals surface area contributed by atoms with Crippen molar-refractivity contribution >= 4 is 34.9 Å². The van der Waals surface area contributed by atoms with Crippen LogP contribution in [0.15, 0.2) is 22.6 Å². The zero-order valence-electron chi connectivity index (χ0n) is 11.3. The van der Waals surface area contributed by atoms with Gasteiger partial charge >= 0.3 is 5.97 Å². The van der Waals surface area contributed by atoms with E-state index in [-0.39, 0.29) is 16.6 Å². The summed E-state index contributed by atoms with van der Waals surface area (Å²) in [6, 6.07) is 3.88. The number of hydrogen-bond donors (Lipinski definition) is 1. The Morgan fingerprint density at radius 3 is 2.52 bits per heavy atom. The molecule has 7 heteroatoms. The zero-order chi connectivity index (χ0) is 15.6. The summed E-state index contributed by atoms with van der Waals surface area (Å²) >= 11 is 11.8. The van der Waals surface area contributed by atoms with Crippen molar-refractivity contribution in [1.29, 1.82) is 0 Å². The molecule has 0 saturated heterocycles. The molecule has 0 unspecified atom stereocenters. The molecule has 0 fully saturated rings. The van der Waals surface area contributed by atoms with Gasteiger partial charge in [-0.15, -0.1) is 0 Å². The smallest absolute Gasteiger partial charge is 0.341 e. The molecule has 0 spiro atoms. The van der Waals surface area contributed by atoms with Gasteiger partial charge in [0, 0.05) is 0 Å². The largest absolute Gasteiger partial charge is 0.465 e. The Morgan fingerprint density at radius 1 is 1.33 bits per heavy atom. The number of esters is 1. The van der Waals surface area contributed by atoms with Gasteiger partial charge in [0.2, 0.25) is 0 Å². The monoisotopic (exact) mass is 331 g/mol. The van der Waals surface area contributed by atoms with Gasteiger partial charge < -0.3 is 14.5 Å². The van der Waals surface area contributed by atoms with Gasteiger partial charge in [0.15, 0.2) is 0 Å². The number of ether oxygens (including phenoxy) is 1. The van der Waals surface area contributed by atoms with Crippen molar-refractivity contribution in [3.8, 4) is 0 Å². The number of carbonyl (C=O) groups excluding carboxylic acids is 1. The van der Waals surface area contributed by atoms with Crippen molar-refractivity contribution in [2.75, 3.05) is 12.4 Å². The number of anilines is 1. The van der Waals surface area contributed by atoms with E-state index < -0.39 is 11.8 Å². The average molecular weight is 332 g/mol. The Morgan fingerprint density at radius 2 is 1.95 bits per heavy atom. The molecule has 0 bridgehead atoms.